The van der Waals surface area contributed by atoms with Gasteiger partial charge in [-0.3, -0.25) is 4.98 Å². The van der Waals surface area contributed by atoms with E-state index in [0.717, 1.165) is 25.7 Å². The highest BCUT2D eigenvalue weighted by atomic mass is 32.2. The van der Waals surface area contributed by atoms with Crippen molar-refractivity contribution in [2.45, 2.75) is 50.0 Å². The second-order valence-corrected chi connectivity index (χ2v) is 7.53. The summed E-state index contributed by atoms with van der Waals surface area (Å²) in [5.41, 5.74) is 0.584. The fourth-order valence-electron chi connectivity index (χ4n) is 3.13. The molecular formula is C17H22N2O3S. The molecule has 5 nitrogen and oxygen atoms in total. The molecular weight excluding hydrogens is 312 g/mol. The van der Waals surface area contributed by atoms with Crippen LogP contribution in [0.1, 0.15) is 39.0 Å². The molecule has 0 atom stereocenters. The highest BCUT2D eigenvalue weighted by Crippen LogP contribution is 2.30. The molecule has 1 saturated carbocycles. The minimum Gasteiger partial charge on any atom is -0.492 e. The van der Waals surface area contributed by atoms with E-state index in [1.807, 2.05) is 6.92 Å². The number of ether oxygens (including phenoxy) is 1. The average Bonchev–Trinajstić information content (AvgIpc) is 2.56. The zero-order chi connectivity index (χ0) is 16.3. The van der Waals surface area contributed by atoms with Gasteiger partial charge in [-0.05, 0) is 44.0 Å². The molecule has 23 heavy (non-hydrogen) atoms. The van der Waals surface area contributed by atoms with Crippen molar-refractivity contribution in [1.82, 2.24) is 9.71 Å². The molecule has 124 valence electrons. The number of sulfonamides is 1. The maximum atomic E-state index is 12.8. The number of pyridine rings is 1. The van der Waals surface area contributed by atoms with E-state index in [0.29, 0.717) is 23.3 Å². The molecule has 1 aliphatic rings. The summed E-state index contributed by atoms with van der Waals surface area (Å²) < 4.78 is 34.0. The van der Waals surface area contributed by atoms with Gasteiger partial charge in [-0.1, -0.05) is 19.3 Å². The quantitative estimate of drug-likeness (QED) is 0.911. The van der Waals surface area contributed by atoms with E-state index in [4.69, 9.17) is 4.74 Å². The summed E-state index contributed by atoms with van der Waals surface area (Å²) in [5, 5.41) is 0.599. The standard InChI is InChI=1S/C17H22N2O3S/c1-2-22-15-10-11-16(14-9-6-12-18-17(14)15)23(20,21)19-13-7-4-3-5-8-13/h6,9-13,19H,2-5,7-8H2,1H3. The van der Waals surface area contributed by atoms with Crippen molar-refractivity contribution in [2.24, 2.45) is 0 Å². The second-order valence-electron chi connectivity index (χ2n) is 5.85. The molecule has 1 aliphatic carbocycles. The Bertz CT molecular complexity index is 784. The Labute approximate surface area is 137 Å². The molecule has 0 bridgehead atoms. The number of nitrogens with zero attached hydrogens (tertiary/aromatic N) is 1. The Balaban J connectivity index is 2.00. The Hall–Kier alpha value is -1.66. The van der Waals surface area contributed by atoms with Gasteiger partial charge in [-0.15, -0.1) is 0 Å². The maximum absolute atomic E-state index is 12.8. The minimum absolute atomic E-state index is 0.0343. The third-order valence-electron chi connectivity index (χ3n) is 4.21. The number of fused-ring (bicyclic) bond motifs is 1. The average molecular weight is 334 g/mol. The van der Waals surface area contributed by atoms with Gasteiger partial charge in [0.05, 0.1) is 11.5 Å². The molecule has 1 N–H and O–H groups in total. The molecule has 2 aromatic rings. The molecule has 6 heteroatoms. The lowest BCUT2D eigenvalue weighted by molar-refractivity contribution is 0.343. The molecule has 1 heterocycles. The predicted molar refractivity (Wildman–Crippen MR) is 90.1 cm³/mol. The van der Waals surface area contributed by atoms with Crippen LogP contribution in [0, 0.1) is 0 Å². The van der Waals surface area contributed by atoms with Gasteiger partial charge in [0.2, 0.25) is 10.0 Å². The van der Waals surface area contributed by atoms with Gasteiger partial charge in [0.25, 0.3) is 0 Å². The van der Waals surface area contributed by atoms with E-state index in [2.05, 4.69) is 9.71 Å². The number of hydrogen-bond acceptors (Lipinski definition) is 4. The molecule has 1 aromatic carbocycles. The predicted octanol–water partition coefficient (Wildman–Crippen LogP) is 3.24. The summed E-state index contributed by atoms with van der Waals surface area (Å²) >= 11 is 0. The lowest BCUT2D eigenvalue weighted by Crippen LogP contribution is -2.36. The number of nitrogens with one attached hydrogen (secondary N) is 1. The van der Waals surface area contributed by atoms with Crippen LogP contribution < -0.4 is 9.46 Å². The van der Waals surface area contributed by atoms with Gasteiger partial charge in [-0.2, -0.15) is 0 Å². The van der Waals surface area contributed by atoms with Crippen LogP contribution in [-0.4, -0.2) is 26.1 Å². The maximum Gasteiger partial charge on any atom is 0.241 e. The van der Waals surface area contributed by atoms with Crippen molar-refractivity contribution in [3.63, 3.8) is 0 Å². The Morgan fingerprint density at radius 3 is 2.74 bits per heavy atom. The van der Waals surface area contributed by atoms with Crippen LogP contribution in [0.3, 0.4) is 0 Å². The molecule has 0 spiro atoms. The van der Waals surface area contributed by atoms with Crippen LogP contribution in [0.2, 0.25) is 0 Å². The van der Waals surface area contributed by atoms with E-state index in [-0.39, 0.29) is 10.9 Å². The van der Waals surface area contributed by atoms with Crippen molar-refractivity contribution in [1.29, 1.82) is 0 Å². The SMILES string of the molecule is CCOc1ccc(S(=O)(=O)NC2CCCCC2)c2cccnc12. The highest BCUT2D eigenvalue weighted by molar-refractivity contribution is 7.89. The van der Waals surface area contributed by atoms with Gasteiger partial charge in [0.1, 0.15) is 11.3 Å². The number of benzene rings is 1. The lowest BCUT2D eigenvalue weighted by Gasteiger charge is -2.23. The van der Waals surface area contributed by atoms with Crippen molar-refractivity contribution in [2.75, 3.05) is 6.61 Å². The van der Waals surface area contributed by atoms with Gasteiger partial charge < -0.3 is 4.74 Å². The molecule has 0 aliphatic heterocycles. The van der Waals surface area contributed by atoms with Crippen molar-refractivity contribution < 1.29 is 13.2 Å². The summed E-state index contributed by atoms with van der Waals surface area (Å²) in [6.07, 6.45) is 6.82. The van der Waals surface area contributed by atoms with E-state index < -0.39 is 10.0 Å². The van der Waals surface area contributed by atoms with Crippen LogP contribution in [0.15, 0.2) is 35.4 Å². The first kappa shape index (κ1) is 16.2. The fourth-order valence-corrected chi connectivity index (χ4v) is 4.63. The molecule has 0 saturated heterocycles. The third kappa shape index (κ3) is 3.48. The number of aromatic nitrogens is 1. The van der Waals surface area contributed by atoms with E-state index in [1.165, 1.54) is 6.42 Å². The summed E-state index contributed by atoms with van der Waals surface area (Å²) in [6, 6.07) is 6.86. The summed E-state index contributed by atoms with van der Waals surface area (Å²) in [6.45, 7) is 2.40. The van der Waals surface area contributed by atoms with Crippen LogP contribution in [0.4, 0.5) is 0 Å². The second kappa shape index (κ2) is 6.84. The minimum atomic E-state index is -3.56. The summed E-state index contributed by atoms with van der Waals surface area (Å²) in [7, 11) is -3.56. The van der Waals surface area contributed by atoms with Crippen LogP contribution in [0.25, 0.3) is 10.9 Å². The first-order valence-corrected chi connectivity index (χ1v) is 9.63. The van der Waals surface area contributed by atoms with Crippen molar-refractivity contribution in [3.8, 4) is 5.75 Å². The fraction of sp³-hybridized carbons (Fsp3) is 0.471. The Morgan fingerprint density at radius 2 is 2.00 bits per heavy atom. The molecule has 0 radical (unpaired) electrons. The smallest absolute Gasteiger partial charge is 0.241 e. The first-order chi connectivity index (χ1) is 11.1. The van der Waals surface area contributed by atoms with Gasteiger partial charge >= 0.3 is 0 Å². The van der Waals surface area contributed by atoms with Crippen LogP contribution in [0.5, 0.6) is 5.75 Å². The monoisotopic (exact) mass is 334 g/mol. The zero-order valence-electron chi connectivity index (χ0n) is 13.3. The topological polar surface area (TPSA) is 68.3 Å². The Morgan fingerprint density at radius 1 is 1.22 bits per heavy atom. The van der Waals surface area contributed by atoms with E-state index in [9.17, 15) is 8.42 Å². The van der Waals surface area contributed by atoms with Crippen LogP contribution >= 0.6 is 0 Å². The highest BCUT2D eigenvalue weighted by Gasteiger charge is 2.24. The largest absolute Gasteiger partial charge is 0.492 e. The number of hydrogen-bond donors (Lipinski definition) is 1. The molecule has 1 fully saturated rings. The lowest BCUT2D eigenvalue weighted by atomic mass is 9.96. The van der Waals surface area contributed by atoms with E-state index >= 15 is 0 Å². The van der Waals surface area contributed by atoms with Gasteiger partial charge in [0, 0.05) is 17.6 Å². The van der Waals surface area contributed by atoms with Crippen LogP contribution in [-0.2, 0) is 10.0 Å². The molecule has 0 unspecified atom stereocenters. The van der Waals surface area contributed by atoms with E-state index in [1.54, 1.807) is 30.5 Å². The summed E-state index contributed by atoms with van der Waals surface area (Å²) in [5.74, 6) is 0.611. The normalized spacial score (nSPS) is 16.6. The third-order valence-corrected chi connectivity index (χ3v) is 5.79. The number of rotatable bonds is 5. The Kier molecular flexibility index (Phi) is 4.82. The van der Waals surface area contributed by atoms with Crippen molar-refractivity contribution in [3.05, 3.63) is 30.5 Å². The summed E-state index contributed by atoms with van der Waals surface area (Å²) in [4.78, 5) is 4.58. The van der Waals surface area contributed by atoms with Gasteiger partial charge in [-0.25, -0.2) is 13.1 Å². The van der Waals surface area contributed by atoms with Crippen molar-refractivity contribution >= 4 is 20.9 Å². The molecule has 0 amide bonds. The molecule has 3 rings (SSSR count). The first-order valence-electron chi connectivity index (χ1n) is 8.14. The molecule has 1 aromatic heterocycles. The van der Waals surface area contributed by atoms with Gasteiger partial charge in [0.15, 0.2) is 0 Å². The zero-order valence-corrected chi connectivity index (χ0v) is 14.1.